The smallest absolute Gasteiger partial charge is 0.213 e. The minimum atomic E-state index is -3.51. The Morgan fingerprint density at radius 1 is 1.29 bits per heavy atom. The molecule has 2 N–H and O–H groups in total. The van der Waals surface area contributed by atoms with Crippen LogP contribution in [0.2, 0.25) is 0 Å². The molecule has 2 aromatic rings. The third kappa shape index (κ3) is 1.88. The largest absolute Gasteiger partial charge is 0.243 e. The second kappa shape index (κ2) is 3.03. The van der Waals surface area contributed by atoms with E-state index in [-0.39, 0.29) is 5.75 Å². The van der Waals surface area contributed by atoms with E-state index in [9.17, 15) is 8.42 Å². The van der Waals surface area contributed by atoms with Crippen molar-refractivity contribution in [1.29, 1.82) is 0 Å². The van der Waals surface area contributed by atoms with Crippen molar-refractivity contribution in [3.63, 3.8) is 0 Å². The molecular weight excluding hydrogens is 206 g/mol. The summed E-state index contributed by atoms with van der Waals surface area (Å²) in [5, 5.41) is 12.1. The number of rotatable bonds is 2. The molecule has 0 aliphatic carbocycles. The molecule has 0 aliphatic rings. The number of hydrogen-bond donors (Lipinski definition) is 1. The minimum absolute atomic E-state index is 0.213. The van der Waals surface area contributed by atoms with Crippen molar-refractivity contribution in [2.45, 2.75) is 5.75 Å². The number of aromatic nitrogens is 2. The number of nitrogens with two attached hydrogens (primary N) is 1. The molecular formula is C7H7N3O3S. The summed E-state index contributed by atoms with van der Waals surface area (Å²) in [6.07, 6.45) is 0. The molecule has 0 amide bonds. The van der Waals surface area contributed by atoms with Crippen molar-refractivity contribution in [2.24, 2.45) is 5.14 Å². The van der Waals surface area contributed by atoms with E-state index in [0.29, 0.717) is 16.6 Å². The molecule has 6 nitrogen and oxygen atoms in total. The summed E-state index contributed by atoms with van der Waals surface area (Å²) in [6, 6.07) is 4.83. The Kier molecular flexibility index (Phi) is 1.97. The van der Waals surface area contributed by atoms with Crippen LogP contribution in [0.1, 0.15) is 5.56 Å². The average molecular weight is 213 g/mol. The van der Waals surface area contributed by atoms with Gasteiger partial charge in [0.25, 0.3) is 0 Å². The third-order valence-corrected chi connectivity index (χ3v) is 2.42. The number of benzene rings is 1. The van der Waals surface area contributed by atoms with Gasteiger partial charge in [0, 0.05) is 0 Å². The van der Waals surface area contributed by atoms with Crippen LogP contribution >= 0.6 is 0 Å². The van der Waals surface area contributed by atoms with Crippen LogP contribution < -0.4 is 5.14 Å². The molecule has 2 rings (SSSR count). The average Bonchev–Trinajstić information content (AvgIpc) is 2.47. The second-order valence-electron chi connectivity index (χ2n) is 2.89. The lowest BCUT2D eigenvalue weighted by molar-refractivity contribution is 0.315. The maximum Gasteiger partial charge on any atom is 0.213 e. The highest BCUT2D eigenvalue weighted by Crippen LogP contribution is 2.12. The zero-order chi connectivity index (χ0) is 10.2. The van der Waals surface area contributed by atoms with Gasteiger partial charge in [-0.2, -0.15) is 0 Å². The molecule has 0 unspecified atom stereocenters. The van der Waals surface area contributed by atoms with Crippen LogP contribution in [0, 0.1) is 0 Å². The Morgan fingerprint density at radius 2 is 2.00 bits per heavy atom. The van der Waals surface area contributed by atoms with Gasteiger partial charge >= 0.3 is 0 Å². The van der Waals surface area contributed by atoms with Crippen molar-refractivity contribution in [1.82, 2.24) is 10.3 Å². The highest BCUT2D eigenvalue weighted by atomic mass is 32.2. The number of primary sulfonamides is 1. The van der Waals surface area contributed by atoms with Crippen LogP contribution in [-0.4, -0.2) is 18.7 Å². The fraction of sp³-hybridized carbons (Fsp3) is 0.143. The maximum absolute atomic E-state index is 10.8. The molecule has 1 heterocycles. The van der Waals surface area contributed by atoms with Crippen LogP contribution in [0.5, 0.6) is 0 Å². The van der Waals surface area contributed by atoms with Gasteiger partial charge in [-0.05, 0) is 28.0 Å². The standard InChI is InChI=1S/C7H7N3O3S/c8-14(11,12)4-5-1-2-6-7(3-5)10-13-9-6/h1-3H,4H2,(H2,8,11,12). The van der Waals surface area contributed by atoms with Crippen molar-refractivity contribution in [2.75, 3.05) is 0 Å². The quantitative estimate of drug-likeness (QED) is 0.757. The third-order valence-electron chi connectivity index (χ3n) is 1.69. The zero-order valence-corrected chi connectivity index (χ0v) is 7.86. The lowest BCUT2D eigenvalue weighted by atomic mass is 10.2. The molecule has 74 valence electrons. The summed E-state index contributed by atoms with van der Waals surface area (Å²) < 4.78 is 26.1. The van der Waals surface area contributed by atoms with Crippen molar-refractivity contribution >= 4 is 21.1 Å². The Morgan fingerprint density at radius 3 is 2.71 bits per heavy atom. The highest BCUT2D eigenvalue weighted by molar-refractivity contribution is 7.88. The van der Waals surface area contributed by atoms with E-state index in [0.717, 1.165) is 0 Å². The molecule has 0 aliphatic heterocycles. The summed E-state index contributed by atoms with van der Waals surface area (Å²) in [7, 11) is -3.51. The fourth-order valence-corrected chi connectivity index (χ4v) is 1.79. The second-order valence-corrected chi connectivity index (χ2v) is 4.51. The maximum atomic E-state index is 10.8. The van der Waals surface area contributed by atoms with Gasteiger partial charge in [-0.1, -0.05) is 6.07 Å². The van der Waals surface area contributed by atoms with Gasteiger partial charge in [0.05, 0.1) is 5.75 Å². The van der Waals surface area contributed by atoms with Crippen LogP contribution in [0.25, 0.3) is 11.0 Å². The Bertz CT molecular complexity index is 560. The Labute approximate surface area is 79.7 Å². The van der Waals surface area contributed by atoms with Gasteiger partial charge in [-0.25, -0.2) is 18.2 Å². The highest BCUT2D eigenvalue weighted by Gasteiger charge is 2.07. The molecule has 0 spiro atoms. The van der Waals surface area contributed by atoms with Crippen LogP contribution in [0.15, 0.2) is 22.8 Å². The van der Waals surface area contributed by atoms with Crippen molar-refractivity contribution in [3.8, 4) is 0 Å². The lowest BCUT2D eigenvalue weighted by Gasteiger charge is -1.97. The molecule has 1 aromatic heterocycles. The molecule has 14 heavy (non-hydrogen) atoms. The molecule has 0 radical (unpaired) electrons. The van der Waals surface area contributed by atoms with Gasteiger partial charge in [-0.3, -0.25) is 0 Å². The van der Waals surface area contributed by atoms with E-state index in [1.54, 1.807) is 18.2 Å². The predicted octanol–water partition coefficient (Wildman–Crippen LogP) is 0.0113. The zero-order valence-electron chi connectivity index (χ0n) is 7.04. The van der Waals surface area contributed by atoms with Gasteiger partial charge in [0.15, 0.2) is 0 Å². The van der Waals surface area contributed by atoms with Crippen molar-refractivity contribution < 1.29 is 13.0 Å². The first kappa shape index (κ1) is 9.10. The van der Waals surface area contributed by atoms with Crippen LogP contribution in [-0.2, 0) is 15.8 Å². The van der Waals surface area contributed by atoms with Gasteiger partial charge in [0.2, 0.25) is 10.0 Å². The summed E-state index contributed by atoms with van der Waals surface area (Å²) in [5.41, 5.74) is 1.67. The van der Waals surface area contributed by atoms with Gasteiger partial charge < -0.3 is 0 Å². The molecule has 0 saturated carbocycles. The topological polar surface area (TPSA) is 99.1 Å². The molecule has 0 saturated heterocycles. The predicted molar refractivity (Wildman–Crippen MR) is 48.6 cm³/mol. The SMILES string of the molecule is NS(=O)(=O)Cc1ccc2nonc2c1. The fourth-order valence-electron chi connectivity index (χ4n) is 1.15. The Hall–Kier alpha value is -1.47. The summed E-state index contributed by atoms with van der Waals surface area (Å²) in [6.45, 7) is 0. The normalized spacial score (nSPS) is 12.1. The first-order chi connectivity index (χ1) is 6.54. The minimum Gasteiger partial charge on any atom is -0.243 e. The molecule has 0 atom stereocenters. The van der Waals surface area contributed by atoms with Crippen molar-refractivity contribution in [3.05, 3.63) is 23.8 Å². The van der Waals surface area contributed by atoms with E-state index in [1.807, 2.05) is 0 Å². The van der Waals surface area contributed by atoms with Gasteiger partial charge in [0.1, 0.15) is 11.0 Å². The van der Waals surface area contributed by atoms with E-state index >= 15 is 0 Å². The Balaban J connectivity index is 2.44. The van der Waals surface area contributed by atoms with Gasteiger partial charge in [-0.15, -0.1) is 0 Å². The van der Waals surface area contributed by atoms with E-state index < -0.39 is 10.0 Å². The monoisotopic (exact) mass is 213 g/mol. The summed E-state index contributed by atoms with van der Waals surface area (Å²) in [5.74, 6) is -0.213. The number of sulfonamides is 1. The summed E-state index contributed by atoms with van der Waals surface area (Å²) >= 11 is 0. The lowest BCUT2D eigenvalue weighted by Crippen LogP contribution is -2.14. The molecule has 0 fully saturated rings. The molecule has 1 aromatic carbocycles. The summed E-state index contributed by atoms with van der Waals surface area (Å²) in [4.78, 5) is 0. The van der Waals surface area contributed by atoms with E-state index in [1.165, 1.54) is 0 Å². The number of nitrogens with zero attached hydrogens (tertiary/aromatic N) is 2. The van der Waals surface area contributed by atoms with Crippen LogP contribution in [0.3, 0.4) is 0 Å². The van der Waals surface area contributed by atoms with E-state index in [2.05, 4.69) is 14.9 Å². The van der Waals surface area contributed by atoms with Crippen LogP contribution in [0.4, 0.5) is 0 Å². The number of fused-ring (bicyclic) bond motifs is 1. The first-order valence-electron chi connectivity index (χ1n) is 3.76. The molecule has 0 bridgehead atoms. The number of hydrogen-bond acceptors (Lipinski definition) is 5. The van der Waals surface area contributed by atoms with E-state index in [4.69, 9.17) is 5.14 Å². The first-order valence-corrected chi connectivity index (χ1v) is 5.48. The molecule has 7 heteroatoms.